The maximum absolute atomic E-state index is 13.6. The lowest BCUT2D eigenvalue weighted by Gasteiger charge is -2.12. The van der Waals surface area contributed by atoms with Gasteiger partial charge in [-0.3, -0.25) is 10.1 Å². The first kappa shape index (κ1) is 15.8. The fraction of sp³-hybridized carbons (Fsp3) is 0. The van der Waals surface area contributed by atoms with Crippen LogP contribution in [-0.2, 0) is 0 Å². The summed E-state index contributed by atoms with van der Waals surface area (Å²) in [6.45, 7) is 0. The Bertz CT molecular complexity index is 700. The van der Waals surface area contributed by atoms with Crippen molar-refractivity contribution in [1.82, 2.24) is 0 Å². The van der Waals surface area contributed by atoms with Crippen LogP contribution in [0.1, 0.15) is 0 Å². The number of benzene rings is 2. The van der Waals surface area contributed by atoms with Crippen LogP contribution in [0.5, 0.6) is 5.75 Å². The molecule has 0 saturated heterocycles. The van der Waals surface area contributed by atoms with E-state index >= 15 is 0 Å². The van der Waals surface area contributed by atoms with Crippen LogP contribution in [0.2, 0.25) is 0 Å². The van der Waals surface area contributed by atoms with Gasteiger partial charge in [0.25, 0.3) is 0 Å². The van der Waals surface area contributed by atoms with E-state index in [1.54, 1.807) is 6.07 Å². The third kappa shape index (κ3) is 2.73. The summed E-state index contributed by atoms with van der Waals surface area (Å²) in [5.41, 5.74) is -1.92. The maximum Gasteiger partial charge on any atom is 0.560 e. The minimum absolute atomic E-state index is 0.0560. The zero-order valence-corrected chi connectivity index (χ0v) is 10.6. The Kier molecular flexibility index (Phi) is 4.31. The quantitative estimate of drug-likeness (QED) is 0.308. The molecule has 0 aromatic heterocycles. The standard InChI is InChI=1S/C12H6BF4NO4/c14-7-9(16)12(10(17)8(15)11(7)18(20)21)22-13(19)6-4-2-1-3-5-6/h1-5,19H. The van der Waals surface area contributed by atoms with Crippen molar-refractivity contribution in [3.8, 4) is 5.75 Å². The van der Waals surface area contributed by atoms with Gasteiger partial charge in [0.15, 0.2) is 5.75 Å². The fourth-order valence-electron chi connectivity index (χ4n) is 1.66. The van der Waals surface area contributed by atoms with E-state index < -0.39 is 46.7 Å². The number of nitro groups is 1. The Labute approximate surface area is 121 Å². The van der Waals surface area contributed by atoms with E-state index in [1.165, 1.54) is 24.3 Å². The van der Waals surface area contributed by atoms with Crippen LogP contribution in [0.15, 0.2) is 30.3 Å². The van der Waals surface area contributed by atoms with Gasteiger partial charge in [-0.25, -0.2) is 0 Å². The van der Waals surface area contributed by atoms with Crippen LogP contribution in [0.25, 0.3) is 0 Å². The van der Waals surface area contributed by atoms with Crippen LogP contribution in [0, 0.1) is 33.4 Å². The molecule has 1 N–H and O–H groups in total. The Morgan fingerprint density at radius 3 is 1.95 bits per heavy atom. The highest BCUT2D eigenvalue weighted by molar-refractivity contribution is 6.60. The topological polar surface area (TPSA) is 72.6 Å². The van der Waals surface area contributed by atoms with Crippen LogP contribution < -0.4 is 10.1 Å². The molecular formula is C12H6BF4NO4. The molecule has 0 fully saturated rings. The first-order valence-corrected chi connectivity index (χ1v) is 5.74. The zero-order valence-electron chi connectivity index (χ0n) is 10.6. The molecule has 0 aliphatic heterocycles. The van der Waals surface area contributed by atoms with E-state index in [0.717, 1.165) is 0 Å². The summed E-state index contributed by atoms with van der Waals surface area (Å²) in [5, 5.41) is 20.1. The molecule has 0 radical (unpaired) electrons. The molecule has 114 valence electrons. The molecule has 0 unspecified atom stereocenters. The van der Waals surface area contributed by atoms with Gasteiger partial charge in [0.05, 0.1) is 4.92 Å². The first-order chi connectivity index (χ1) is 10.3. The molecular weight excluding hydrogens is 309 g/mol. The summed E-state index contributed by atoms with van der Waals surface area (Å²) in [6.07, 6.45) is 0. The second kappa shape index (κ2) is 6.02. The van der Waals surface area contributed by atoms with Crippen molar-refractivity contribution in [3.05, 3.63) is 63.7 Å². The summed E-state index contributed by atoms with van der Waals surface area (Å²) in [5.74, 6) is -10.3. The van der Waals surface area contributed by atoms with Crippen molar-refractivity contribution in [3.63, 3.8) is 0 Å². The van der Waals surface area contributed by atoms with E-state index in [0.29, 0.717) is 0 Å². The molecule has 0 saturated carbocycles. The van der Waals surface area contributed by atoms with Gasteiger partial charge in [-0.1, -0.05) is 30.3 Å². The molecule has 0 bridgehead atoms. The molecule has 0 amide bonds. The number of halogens is 4. The molecule has 0 spiro atoms. The molecule has 2 aromatic carbocycles. The molecule has 0 aliphatic carbocycles. The predicted molar refractivity (Wildman–Crippen MR) is 67.6 cm³/mol. The highest BCUT2D eigenvalue weighted by Gasteiger charge is 2.35. The summed E-state index contributed by atoms with van der Waals surface area (Å²) in [7, 11) is -1.93. The van der Waals surface area contributed by atoms with Gasteiger partial charge in [-0.05, 0) is 5.46 Å². The van der Waals surface area contributed by atoms with E-state index in [2.05, 4.69) is 4.65 Å². The average molecular weight is 315 g/mol. The van der Waals surface area contributed by atoms with Crippen LogP contribution in [-0.4, -0.2) is 17.1 Å². The Hall–Kier alpha value is -2.62. The lowest BCUT2D eigenvalue weighted by Crippen LogP contribution is -2.37. The smallest absolute Gasteiger partial charge is 0.528 e. The number of nitrogens with zero attached hydrogens (tertiary/aromatic N) is 1. The van der Waals surface area contributed by atoms with Crippen LogP contribution >= 0.6 is 0 Å². The third-order valence-electron chi connectivity index (χ3n) is 2.70. The normalized spacial score (nSPS) is 10.4. The van der Waals surface area contributed by atoms with E-state index in [4.69, 9.17) is 0 Å². The lowest BCUT2D eigenvalue weighted by molar-refractivity contribution is -0.390. The third-order valence-corrected chi connectivity index (χ3v) is 2.70. The number of hydrogen-bond acceptors (Lipinski definition) is 4. The molecule has 5 nitrogen and oxygen atoms in total. The van der Waals surface area contributed by atoms with Gasteiger partial charge in [-0.15, -0.1) is 0 Å². The van der Waals surface area contributed by atoms with Crippen LogP contribution in [0.3, 0.4) is 0 Å². The molecule has 0 atom stereocenters. The molecule has 2 rings (SSSR count). The van der Waals surface area contributed by atoms with Crippen molar-refractivity contribution in [2.75, 3.05) is 0 Å². The monoisotopic (exact) mass is 315 g/mol. The van der Waals surface area contributed by atoms with Crippen molar-refractivity contribution in [2.24, 2.45) is 0 Å². The maximum atomic E-state index is 13.6. The second-order valence-electron chi connectivity index (χ2n) is 4.07. The van der Waals surface area contributed by atoms with Gasteiger partial charge < -0.3 is 9.68 Å². The van der Waals surface area contributed by atoms with Crippen molar-refractivity contribution in [1.29, 1.82) is 0 Å². The Balaban J connectivity index is 2.47. The largest absolute Gasteiger partial charge is 0.560 e. The molecule has 2 aromatic rings. The minimum atomic E-state index is -2.22. The summed E-state index contributed by atoms with van der Waals surface area (Å²) >= 11 is 0. The molecule has 0 aliphatic rings. The van der Waals surface area contributed by atoms with Gasteiger partial charge in [0.2, 0.25) is 23.3 Å². The lowest BCUT2D eigenvalue weighted by atomic mass is 9.79. The van der Waals surface area contributed by atoms with E-state index in [9.17, 15) is 32.7 Å². The summed E-state index contributed by atoms with van der Waals surface area (Å²) in [4.78, 5) is 8.80. The first-order valence-electron chi connectivity index (χ1n) is 5.74. The van der Waals surface area contributed by atoms with Gasteiger partial charge in [0.1, 0.15) is 0 Å². The molecule has 22 heavy (non-hydrogen) atoms. The van der Waals surface area contributed by atoms with Crippen LogP contribution in [0.4, 0.5) is 23.2 Å². The highest BCUT2D eigenvalue weighted by Crippen LogP contribution is 2.34. The minimum Gasteiger partial charge on any atom is -0.528 e. The average Bonchev–Trinajstić information content (AvgIpc) is 2.50. The highest BCUT2D eigenvalue weighted by atomic mass is 19.2. The molecule has 0 heterocycles. The van der Waals surface area contributed by atoms with Crippen molar-refractivity contribution >= 4 is 18.3 Å². The zero-order chi connectivity index (χ0) is 16.4. The van der Waals surface area contributed by atoms with Gasteiger partial charge in [0, 0.05) is 0 Å². The van der Waals surface area contributed by atoms with E-state index in [-0.39, 0.29) is 5.46 Å². The number of rotatable bonds is 4. The van der Waals surface area contributed by atoms with Gasteiger partial charge in [-0.2, -0.15) is 17.6 Å². The number of hydrogen-bond donors (Lipinski definition) is 1. The summed E-state index contributed by atoms with van der Waals surface area (Å²) < 4.78 is 58.5. The summed E-state index contributed by atoms with van der Waals surface area (Å²) in [6, 6.07) is 7.21. The van der Waals surface area contributed by atoms with Crippen molar-refractivity contribution in [2.45, 2.75) is 0 Å². The Morgan fingerprint density at radius 1 is 1.00 bits per heavy atom. The second-order valence-corrected chi connectivity index (χ2v) is 4.07. The van der Waals surface area contributed by atoms with Gasteiger partial charge >= 0.3 is 12.8 Å². The molecule has 10 heteroatoms. The number of nitro benzene ring substituents is 1. The SMILES string of the molecule is O=[N+]([O-])c1c(F)c(F)c(OB(O)c2ccccc2)c(F)c1F. The van der Waals surface area contributed by atoms with Crippen molar-refractivity contribution < 1.29 is 32.2 Å². The van der Waals surface area contributed by atoms with E-state index in [1.807, 2.05) is 0 Å². The predicted octanol–water partition coefficient (Wildman–Crippen LogP) is 1.92. The Morgan fingerprint density at radius 2 is 1.50 bits per heavy atom. The fourth-order valence-corrected chi connectivity index (χ4v) is 1.66.